The van der Waals surface area contributed by atoms with Crippen molar-refractivity contribution < 1.29 is 9.53 Å². The molecule has 0 aromatic carbocycles. The Labute approximate surface area is 112 Å². The van der Waals surface area contributed by atoms with Gasteiger partial charge in [0.05, 0.1) is 0 Å². The maximum Gasteiger partial charge on any atom is 0.254 e. The molecule has 2 rings (SSSR count). The van der Waals surface area contributed by atoms with Gasteiger partial charge in [-0.2, -0.15) is 0 Å². The van der Waals surface area contributed by atoms with Gasteiger partial charge in [0.1, 0.15) is 5.60 Å². The van der Waals surface area contributed by atoms with Crippen molar-refractivity contribution in [3.05, 3.63) is 0 Å². The normalized spacial score (nSPS) is 34.0. The molecule has 4 heteroatoms. The first-order valence-electron chi connectivity index (χ1n) is 6.65. The van der Waals surface area contributed by atoms with Crippen molar-refractivity contribution in [2.24, 2.45) is 5.92 Å². The summed E-state index contributed by atoms with van der Waals surface area (Å²) in [6, 6.07) is 0. The molecule has 0 radical (unpaired) electrons. The van der Waals surface area contributed by atoms with Crippen LogP contribution >= 0.6 is 15.9 Å². The molecule has 0 aromatic rings. The van der Waals surface area contributed by atoms with Gasteiger partial charge in [0.25, 0.3) is 5.91 Å². The third kappa shape index (κ3) is 3.02. The van der Waals surface area contributed by atoms with E-state index >= 15 is 0 Å². The SMILES string of the molecule is CC1(C(=O)N2CCCC(CCBr)C2)CCCO1. The zero-order valence-electron chi connectivity index (χ0n) is 10.6. The van der Waals surface area contributed by atoms with Crippen molar-refractivity contribution in [3.63, 3.8) is 0 Å². The summed E-state index contributed by atoms with van der Waals surface area (Å²) in [6.07, 6.45) is 5.46. The highest BCUT2D eigenvalue weighted by Gasteiger charge is 2.41. The van der Waals surface area contributed by atoms with E-state index in [1.54, 1.807) is 0 Å². The van der Waals surface area contributed by atoms with Gasteiger partial charge in [0, 0.05) is 25.0 Å². The van der Waals surface area contributed by atoms with Crippen LogP contribution in [0.4, 0.5) is 0 Å². The minimum atomic E-state index is -0.531. The average Bonchev–Trinajstić information content (AvgIpc) is 2.77. The van der Waals surface area contributed by atoms with Gasteiger partial charge in [0.2, 0.25) is 0 Å². The number of hydrogen-bond acceptors (Lipinski definition) is 2. The standard InChI is InChI=1S/C13H22BrNO2/c1-13(6-3-9-17-13)12(16)15-8-2-4-11(10-15)5-7-14/h11H,2-10H2,1H3. The molecule has 0 bridgehead atoms. The fourth-order valence-electron chi connectivity index (χ4n) is 2.92. The summed E-state index contributed by atoms with van der Waals surface area (Å²) < 4.78 is 5.65. The summed E-state index contributed by atoms with van der Waals surface area (Å²) in [7, 11) is 0. The van der Waals surface area contributed by atoms with Crippen LogP contribution in [0.15, 0.2) is 0 Å². The summed E-state index contributed by atoms with van der Waals surface area (Å²) in [4.78, 5) is 14.5. The third-order valence-corrected chi connectivity index (χ3v) is 4.45. The number of carbonyl (C=O) groups is 1. The molecule has 1 amide bonds. The quantitative estimate of drug-likeness (QED) is 0.750. The highest BCUT2D eigenvalue weighted by molar-refractivity contribution is 9.09. The molecule has 3 nitrogen and oxygen atoms in total. The van der Waals surface area contributed by atoms with Crippen LogP contribution in [0.2, 0.25) is 0 Å². The number of alkyl halides is 1. The predicted octanol–water partition coefficient (Wildman–Crippen LogP) is 2.58. The number of nitrogens with zero attached hydrogens (tertiary/aromatic N) is 1. The lowest BCUT2D eigenvalue weighted by Crippen LogP contribution is -2.50. The minimum absolute atomic E-state index is 0.217. The van der Waals surface area contributed by atoms with E-state index in [2.05, 4.69) is 15.9 Å². The zero-order valence-corrected chi connectivity index (χ0v) is 12.2. The fraction of sp³-hybridized carbons (Fsp3) is 0.923. The number of carbonyl (C=O) groups excluding carboxylic acids is 1. The minimum Gasteiger partial charge on any atom is -0.365 e. The Morgan fingerprint density at radius 1 is 1.53 bits per heavy atom. The van der Waals surface area contributed by atoms with Crippen LogP contribution in [0.1, 0.15) is 39.0 Å². The number of likely N-dealkylation sites (tertiary alicyclic amines) is 1. The van der Waals surface area contributed by atoms with Crippen molar-refractivity contribution in [2.75, 3.05) is 25.0 Å². The highest BCUT2D eigenvalue weighted by Crippen LogP contribution is 2.30. The van der Waals surface area contributed by atoms with Crippen molar-refractivity contribution in [1.82, 2.24) is 4.90 Å². The molecule has 2 unspecified atom stereocenters. The van der Waals surface area contributed by atoms with E-state index in [4.69, 9.17) is 4.74 Å². The molecule has 0 aliphatic carbocycles. The lowest BCUT2D eigenvalue weighted by atomic mass is 9.93. The summed E-state index contributed by atoms with van der Waals surface area (Å²) in [5, 5.41) is 1.04. The molecule has 0 spiro atoms. The number of piperidine rings is 1. The van der Waals surface area contributed by atoms with E-state index in [1.165, 1.54) is 12.8 Å². The van der Waals surface area contributed by atoms with E-state index < -0.39 is 5.60 Å². The van der Waals surface area contributed by atoms with E-state index in [9.17, 15) is 4.79 Å². The molecule has 2 saturated heterocycles. The zero-order chi connectivity index (χ0) is 12.3. The maximum atomic E-state index is 12.5. The van der Waals surface area contributed by atoms with Gasteiger partial charge >= 0.3 is 0 Å². The van der Waals surface area contributed by atoms with Crippen molar-refractivity contribution in [3.8, 4) is 0 Å². The van der Waals surface area contributed by atoms with Crippen LogP contribution < -0.4 is 0 Å². The molecule has 17 heavy (non-hydrogen) atoms. The molecule has 2 aliphatic heterocycles. The van der Waals surface area contributed by atoms with E-state index in [0.717, 1.165) is 44.3 Å². The Balaban J connectivity index is 1.94. The van der Waals surface area contributed by atoms with Crippen molar-refractivity contribution in [1.29, 1.82) is 0 Å². The first-order valence-corrected chi connectivity index (χ1v) is 7.77. The first-order chi connectivity index (χ1) is 8.15. The summed E-state index contributed by atoms with van der Waals surface area (Å²) in [5.41, 5.74) is -0.531. The van der Waals surface area contributed by atoms with Crippen molar-refractivity contribution >= 4 is 21.8 Å². The second-order valence-corrected chi connectivity index (χ2v) is 6.21. The lowest BCUT2D eigenvalue weighted by molar-refractivity contribution is -0.152. The number of ether oxygens (including phenoxy) is 1. The van der Waals surface area contributed by atoms with E-state index in [-0.39, 0.29) is 5.91 Å². The Morgan fingerprint density at radius 3 is 3.00 bits per heavy atom. The van der Waals surface area contributed by atoms with E-state index in [1.807, 2.05) is 11.8 Å². The topological polar surface area (TPSA) is 29.5 Å². The van der Waals surface area contributed by atoms with Gasteiger partial charge in [-0.3, -0.25) is 4.79 Å². The Hall–Kier alpha value is -0.0900. The molecule has 2 atom stereocenters. The third-order valence-electron chi connectivity index (χ3n) is 3.99. The van der Waals surface area contributed by atoms with Gasteiger partial charge in [-0.15, -0.1) is 0 Å². The molecular weight excluding hydrogens is 282 g/mol. The maximum absolute atomic E-state index is 12.5. The van der Waals surface area contributed by atoms with Crippen LogP contribution in [-0.4, -0.2) is 41.4 Å². The molecule has 0 saturated carbocycles. The van der Waals surface area contributed by atoms with Crippen LogP contribution in [0, 0.1) is 5.92 Å². The number of halogens is 1. The lowest BCUT2D eigenvalue weighted by Gasteiger charge is -2.37. The van der Waals surface area contributed by atoms with Crippen LogP contribution in [0.5, 0.6) is 0 Å². The van der Waals surface area contributed by atoms with Gasteiger partial charge in [-0.1, -0.05) is 15.9 Å². The summed E-state index contributed by atoms with van der Waals surface area (Å²) in [6.45, 7) is 4.53. The van der Waals surface area contributed by atoms with E-state index in [0.29, 0.717) is 5.92 Å². The Morgan fingerprint density at radius 2 is 2.35 bits per heavy atom. The number of rotatable bonds is 3. The largest absolute Gasteiger partial charge is 0.365 e. The molecule has 2 aliphatic rings. The summed E-state index contributed by atoms with van der Waals surface area (Å²) in [5.74, 6) is 0.881. The first kappa shape index (κ1) is 13.3. The molecule has 0 N–H and O–H groups in total. The monoisotopic (exact) mass is 303 g/mol. The second-order valence-electron chi connectivity index (χ2n) is 5.42. The van der Waals surface area contributed by atoms with Crippen LogP contribution in [0.25, 0.3) is 0 Å². The number of amides is 1. The van der Waals surface area contributed by atoms with Crippen molar-refractivity contribution in [2.45, 2.75) is 44.6 Å². The van der Waals surface area contributed by atoms with Crippen LogP contribution in [0.3, 0.4) is 0 Å². The van der Waals surface area contributed by atoms with Gasteiger partial charge in [-0.05, 0) is 44.9 Å². The molecular formula is C13H22BrNO2. The van der Waals surface area contributed by atoms with Gasteiger partial charge in [-0.25, -0.2) is 0 Å². The Kier molecular flexibility index (Phi) is 4.47. The smallest absolute Gasteiger partial charge is 0.254 e. The molecule has 2 heterocycles. The second kappa shape index (κ2) is 5.70. The number of hydrogen-bond donors (Lipinski definition) is 0. The molecule has 2 fully saturated rings. The Bertz CT molecular complexity index is 275. The molecule has 0 aromatic heterocycles. The van der Waals surface area contributed by atoms with Gasteiger partial charge in [0.15, 0.2) is 0 Å². The van der Waals surface area contributed by atoms with Gasteiger partial charge < -0.3 is 9.64 Å². The fourth-order valence-corrected chi connectivity index (χ4v) is 3.57. The highest BCUT2D eigenvalue weighted by atomic mass is 79.9. The average molecular weight is 304 g/mol. The van der Waals surface area contributed by atoms with Crippen LogP contribution in [-0.2, 0) is 9.53 Å². The molecule has 98 valence electrons. The predicted molar refractivity (Wildman–Crippen MR) is 71.3 cm³/mol. The summed E-state index contributed by atoms with van der Waals surface area (Å²) >= 11 is 3.49.